The number of carbonyl (C=O) groups excluding carboxylic acids is 1. The Kier molecular flexibility index (Phi) is 7.34. The lowest BCUT2D eigenvalue weighted by Gasteiger charge is -2.18. The average Bonchev–Trinajstić information content (AvgIpc) is 2.77. The third kappa shape index (κ3) is 5.64. The summed E-state index contributed by atoms with van der Waals surface area (Å²) in [7, 11) is 0. The summed E-state index contributed by atoms with van der Waals surface area (Å²) in [6, 6.07) is 24.2. The molecule has 3 aromatic rings. The van der Waals surface area contributed by atoms with Crippen molar-refractivity contribution in [1.82, 2.24) is 10.3 Å². The minimum Gasteiger partial charge on any atom is -0.380 e. The van der Waals surface area contributed by atoms with Crippen molar-refractivity contribution in [3.8, 4) is 0 Å². The zero-order valence-corrected chi connectivity index (χ0v) is 17.2. The van der Waals surface area contributed by atoms with E-state index in [9.17, 15) is 4.79 Å². The van der Waals surface area contributed by atoms with Crippen molar-refractivity contribution in [2.24, 2.45) is 0 Å². The van der Waals surface area contributed by atoms with Gasteiger partial charge in [-0.25, -0.2) is 0 Å². The van der Waals surface area contributed by atoms with Gasteiger partial charge in [0.25, 0.3) is 0 Å². The molecule has 0 fully saturated rings. The van der Waals surface area contributed by atoms with Gasteiger partial charge in [-0.15, -0.1) is 0 Å². The van der Waals surface area contributed by atoms with Crippen LogP contribution in [0.2, 0.25) is 0 Å². The molecule has 0 saturated heterocycles. The second-order valence-electron chi connectivity index (χ2n) is 7.20. The van der Waals surface area contributed by atoms with Gasteiger partial charge in [0, 0.05) is 19.2 Å². The minimum absolute atomic E-state index is 0.127. The van der Waals surface area contributed by atoms with Crippen LogP contribution in [0, 0.1) is 6.92 Å². The third-order valence-electron chi connectivity index (χ3n) is 4.86. The van der Waals surface area contributed by atoms with Gasteiger partial charge in [0.15, 0.2) is 5.78 Å². The Bertz CT molecular complexity index is 945. The van der Waals surface area contributed by atoms with E-state index in [0.29, 0.717) is 24.2 Å². The van der Waals surface area contributed by atoms with Crippen LogP contribution in [0.4, 0.5) is 0 Å². The Labute approximate surface area is 173 Å². The predicted octanol–water partition coefficient (Wildman–Crippen LogP) is 5.81. The Morgan fingerprint density at radius 2 is 1.66 bits per heavy atom. The predicted molar refractivity (Wildman–Crippen MR) is 120 cm³/mol. The monoisotopic (exact) mass is 384 g/mol. The number of carbonyl (C=O) groups is 1. The molecule has 0 saturated carbocycles. The molecule has 0 aliphatic carbocycles. The lowest BCUT2D eigenvalue weighted by atomic mass is 9.96. The molecule has 3 heteroatoms. The fourth-order valence-corrected chi connectivity index (χ4v) is 3.22. The second-order valence-corrected chi connectivity index (χ2v) is 7.20. The topological polar surface area (TPSA) is 42.0 Å². The van der Waals surface area contributed by atoms with Gasteiger partial charge < -0.3 is 5.32 Å². The number of ketones is 1. The molecular weight excluding hydrogens is 356 g/mol. The van der Waals surface area contributed by atoms with Gasteiger partial charge in [0.05, 0.1) is 17.0 Å². The number of aryl methyl sites for hydroxylation is 1. The van der Waals surface area contributed by atoms with Crippen LogP contribution in [0.1, 0.15) is 48.6 Å². The van der Waals surface area contributed by atoms with Gasteiger partial charge in [-0.05, 0) is 36.6 Å². The zero-order chi connectivity index (χ0) is 20.5. The summed E-state index contributed by atoms with van der Waals surface area (Å²) in [5.74, 6) is 0.127. The van der Waals surface area contributed by atoms with Crippen LogP contribution in [-0.4, -0.2) is 10.8 Å². The van der Waals surface area contributed by atoms with Crippen molar-refractivity contribution >= 4 is 17.1 Å². The number of nitrogens with zero attached hydrogens (tertiary/aromatic N) is 1. The lowest BCUT2D eigenvalue weighted by molar-refractivity contribution is -0.113. The number of benzene rings is 2. The number of hydrogen-bond donors (Lipinski definition) is 1. The van der Waals surface area contributed by atoms with Crippen molar-refractivity contribution in [1.29, 1.82) is 0 Å². The van der Waals surface area contributed by atoms with E-state index in [-0.39, 0.29) is 5.78 Å². The molecule has 148 valence electrons. The van der Waals surface area contributed by atoms with Gasteiger partial charge in [-0.3, -0.25) is 9.78 Å². The number of pyridine rings is 1. The van der Waals surface area contributed by atoms with Crippen molar-refractivity contribution in [3.05, 3.63) is 101 Å². The first kappa shape index (κ1) is 20.5. The first-order valence-electron chi connectivity index (χ1n) is 10.2. The molecule has 3 nitrogen and oxygen atoms in total. The summed E-state index contributed by atoms with van der Waals surface area (Å²) in [6.07, 6.45) is 4.12. The van der Waals surface area contributed by atoms with Crippen molar-refractivity contribution in [2.45, 2.75) is 39.7 Å². The number of Topliss-reactive ketones (excluding diaryl/α,β-unsaturated/α-hetero) is 1. The number of unbranched alkanes of at least 4 members (excludes halogenated alkanes) is 1. The Hall–Kier alpha value is -3.20. The molecule has 29 heavy (non-hydrogen) atoms. The summed E-state index contributed by atoms with van der Waals surface area (Å²) in [6.45, 7) is 4.81. The quantitative estimate of drug-likeness (QED) is 0.474. The number of nitrogens with one attached hydrogen (secondary N) is 1. The smallest absolute Gasteiger partial charge is 0.167 e. The van der Waals surface area contributed by atoms with Crippen LogP contribution in [0.15, 0.2) is 79.0 Å². The molecule has 2 aromatic carbocycles. The molecule has 1 heterocycles. The summed E-state index contributed by atoms with van der Waals surface area (Å²) in [5, 5.41) is 3.55. The van der Waals surface area contributed by atoms with Crippen LogP contribution < -0.4 is 5.32 Å². The van der Waals surface area contributed by atoms with Crippen LogP contribution in [0.25, 0.3) is 11.3 Å². The molecule has 0 spiro atoms. The lowest BCUT2D eigenvalue weighted by Crippen LogP contribution is -2.18. The summed E-state index contributed by atoms with van der Waals surface area (Å²) in [4.78, 5) is 17.8. The van der Waals surface area contributed by atoms with Crippen LogP contribution >= 0.6 is 0 Å². The fraction of sp³-hybridized carbons (Fsp3) is 0.231. The minimum atomic E-state index is 0.127. The summed E-state index contributed by atoms with van der Waals surface area (Å²) < 4.78 is 0. The molecule has 0 unspecified atom stereocenters. The van der Waals surface area contributed by atoms with Crippen LogP contribution in [0.3, 0.4) is 0 Å². The van der Waals surface area contributed by atoms with Crippen molar-refractivity contribution in [3.63, 3.8) is 0 Å². The maximum absolute atomic E-state index is 13.3. The second kappa shape index (κ2) is 10.4. The van der Waals surface area contributed by atoms with E-state index in [1.54, 1.807) is 6.20 Å². The molecule has 0 radical (unpaired) electrons. The van der Waals surface area contributed by atoms with E-state index in [4.69, 9.17) is 0 Å². The maximum Gasteiger partial charge on any atom is 0.167 e. The Balaban J connectivity index is 2.09. The normalized spacial score (nSPS) is 11.7. The maximum atomic E-state index is 13.3. The molecule has 0 aliphatic rings. The molecule has 1 N–H and O–H groups in total. The highest BCUT2D eigenvalue weighted by atomic mass is 16.1. The van der Waals surface area contributed by atoms with Crippen molar-refractivity contribution < 1.29 is 4.79 Å². The van der Waals surface area contributed by atoms with Gasteiger partial charge in [-0.1, -0.05) is 79.6 Å². The van der Waals surface area contributed by atoms with E-state index < -0.39 is 0 Å². The number of allylic oxidation sites excluding steroid dienone is 1. The van der Waals surface area contributed by atoms with Gasteiger partial charge >= 0.3 is 0 Å². The highest BCUT2D eigenvalue weighted by Crippen LogP contribution is 2.27. The molecular formula is C26H28N2O. The molecule has 1 aromatic heterocycles. The van der Waals surface area contributed by atoms with Crippen LogP contribution in [-0.2, 0) is 11.3 Å². The number of rotatable bonds is 9. The highest BCUT2D eigenvalue weighted by molar-refractivity contribution is 6.27. The van der Waals surface area contributed by atoms with Crippen LogP contribution in [0.5, 0.6) is 0 Å². The SMILES string of the molecule is CCCCC(=O)/C(=C(/NCc1ccccc1)c1ccc(C)cc1)c1ccccn1. The Morgan fingerprint density at radius 1 is 0.931 bits per heavy atom. The molecule has 0 atom stereocenters. The molecule has 0 aliphatic heterocycles. The third-order valence-corrected chi connectivity index (χ3v) is 4.86. The number of aromatic nitrogens is 1. The largest absolute Gasteiger partial charge is 0.380 e. The van der Waals surface area contributed by atoms with E-state index in [0.717, 1.165) is 24.1 Å². The van der Waals surface area contributed by atoms with E-state index >= 15 is 0 Å². The molecule has 0 bridgehead atoms. The van der Waals surface area contributed by atoms with E-state index in [1.165, 1.54) is 11.1 Å². The molecule has 0 amide bonds. The number of hydrogen-bond acceptors (Lipinski definition) is 3. The Morgan fingerprint density at radius 3 is 2.31 bits per heavy atom. The first-order valence-corrected chi connectivity index (χ1v) is 10.2. The fourth-order valence-electron chi connectivity index (χ4n) is 3.22. The highest BCUT2D eigenvalue weighted by Gasteiger charge is 2.20. The summed E-state index contributed by atoms with van der Waals surface area (Å²) in [5.41, 5.74) is 5.57. The zero-order valence-electron chi connectivity index (χ0n) is 17.2. The van der Waals surface area contributed by atoms with Gasteiger partial charge in [-0.2, -0.15) is 0 Å². The van der Waals surface area contributed by atoms with E-state index in [1.807, 2.05) is 36.4 Å². The summed E-state index contributed by atoms with van der Waals surface area (Å²) >= 11 is 0. The van der Waals surface area contributed by atoms with Gasteiger partial charge in [0.1, 0.15) is 0 Å². The standard InChI is InChI=1S/C26H28N2O/c1-3-4-13-24(29)25(23-12-8-9-18-27-23)26(22-16-14-20(2)15-17-22)28-19-21-10-6-5-7-11-21/h5-12,14-18,28H,3-4,13,19H2,1-2H3/b26-25+. The molecule has 3 rings (SSSR count). The first-order chi connectivity index (χ1) is 14.2. The van der Waals surface area contributed by atoms with Crippen molar-refractivity contribution in [2.75, 3.05) is 0 Å². The van der Waals surface area contributed by atoms with E-state index in [2.05, 4.69) is 60.5 Å². The van der Waals surface area contributed by atoms with Gasteiger partial charge in [0.2, 0.25) is 0 Å². The average molecular weight is 385 g/mol.